The number of fused-ring (bicyclic) bond motifs is 10. The van der Waals surface area contributed by atoms with Crippen molar-refractivity contribution in [2.75, 3.05) is 11.9 Å². The first-order valence-corrected chi connectivity index (χ1v) is 13.2. The third kappa shape index (κ3) is 2.19. The van der Waals surface area contributed by atoms with Crippen LogP contribution in [0.3, 0.4) is 0 Å². The van der Waals surface area contributed by atoms with E-state index in [0.29, 0.717) is 0 Å². The van der Waals surface area contributed by atoms with Crippen LogP contribution in [-0.2, 0) is 15.7 Å². The molecule has 4 aromatic carbocycles. The summed E-state index contributed by atoms with van der Waals surface area (Å²) in [6, 6.07) is 34.5. The van der Waals surface area contributed by atoms with Crippen molar-refractivity contribution in [3.8, 4) is 11.1 Å². The summed E-state index contributed by atoms with van der Waals surface area (Å²) in [5.74, 6) is 0.192. The molecule has 1 aliphatic carbocycles. The van der Waals surface area contributed by atoms with Crippen LogP contribution in [0.2, 0.25) is 5.02 Å². The van der Waals surface area contributed by atoms with E-state index in [9.17, 15) is 4.79 Å². The summed E-state index contributed by atoms with van der Waals surface area (Å²) in [7, 11) is 0. The second kappa shape index (κ2) is 7.09. The Morgan fingerprint density at radius 1 is 0.778 bits per heavy atom. The lowest BCUT2D eigenvalue weighted by atomic mass is 9.55. The van der Waals surface area contributed by atoms with Crippen LogP contribution in [0.1, 0.15) is 41.0 Å². The molecule has 1 N–H and O–H groups in total. The third-order valence-electron chi connectivity index (χ3n) is 9.27. The highest BCUT2D eigenvalue weighted by Crippen LogP contribution is 2.73. The van der Waals surface area contributed by atoms with Gasteiger partial charge in [-0.1, -0.05) is 90.5 Å². The van der Waals surface area contributed by atoms with Crippen LogP contribution >= 0.6 is 11.6 Å². The molecule has 0 radical (unpaired) electrons. The zero-order valence-corrected chi connectivity index (χ0v) is 20.5. The van der Waals surface area contributed by atoms with Gasteiger partial charge >= 0.3 is 0 Å². The summed E-state index contributed by atoms with van der Waals surface area (Å²) in [5.41, 5.74) is 6.87. The Balaban J connectivity index is 1.58. The molecular formula is C32H25ClN2O. The van der Waals surface area contributed by atoms with Crippen molar-refractivity contribution >= 4 is 23.2 Å². The Morgan fingerprint density at radius 3 is 2.08 bits per heavy atom. The molecule has 3 heterocycles. The van der Waals surface area contributed by atoms with Gasteiger partial charge in [0, 0.05) is 28.2 Å². The summed E-state index contributed by atoms with van der Waals surface area (Å²) < 4.78 is 0. The predicted octanol–water partition coefficient (Wildman–Crippen LogP) is 6.72. The zero-order valence-electron chi connectivity index (χ0n) is 19.7. The van der Waals surface area contributed by atoms with Crippen molar-refractivity contribution in [2.24, 2.45) is 0 Å². The fourth-order valence-electron chi connectivity index (χ4n) is 8.35. The molecule has 176 valence electrons. The minimum absolute atomic E-state index is 0.0959. The summed E-state index contributed by atoms with van der Waals surface area (Å²) >= 11 is 6.38. The van der Waals surface area contributed by atoms with Crippen molar-refractivity contribution in [1.82, 2.24) is 4.90 Å². The molecule has 0 bridgehead atoms. The standard InChI is InChI=1S/C32H25ClN2O/c33-21-17-15-20(16-18-21)29-28-14-7-19-35(28)32(26-12-5-6-13-27(26)34-30(32)36)31(29)24-10-3-1-8-22(24)23-9-2-4-11-25(23)31/h1-6,8-13,15-18,28-29H,7,14,19H2,(H,34,36)/t28?,29-,32-/m0/s1. The van der Waals surface area contributed by atoms with Gasteiger partial charge in [0.05, 0.1) is 5.41 Å². The maximum Gasteiger partial charge on any atom is 0.250 e. The van der Waals surface area contributed by atoms with Gasteiger partial charge in [-0.2, -0.15) is 0 Å². The molecule has 3 atom stereocenters. The molecule has 1 amide bonds. The van der Waals surface area contributed by atoms with Crippen molar-refractivity contribution in [3.63, 3.8) is 0 Å². The topological polar surface area (TPSA) is 32.3 Å². The average molecular weight is 489 g/mol. The van der Waals surface area contributed by atoms with Gasteiger partial charge in [0.1, 0.15) is 5.54 Å². The number of anilines is 1. The van der Waals surface area contributed by atoms with Gasteiger partial charge in [0.2, 0.25) is 0 Å². The van der Waals surface area contributed by atoms with Crippen LogP contribution < -0.4 is 5.32 Å². The van der Waals surface area contributed by atoms with Crippen LogP contribution in [0, 0.1) is 0 Å². The van der Waals surface area contributed by atoms with Crippen LogP contribution in [-0.4, -0.2) is 23.4 Å². The van der Waals surface area contributed by atoms with E-state index in [2.05, 4.69) is 89.1 Å². The number of para-hydroxylation sites is 1. The van der Waals surface area contributed by atoms with Crippen LogP contribution in [0.5, 0.6) is 0 Å². The number of nitrogens with one attached hydrogen (secondary N) is 1. The fraction of sp³-hybridized carbons (Fsp3) is 0.219. The molecule has 1 unspecified atom stereocenters. The van der Waals surface area contributed by atoms with Crippen LogP contribution in [0.4, 0.5) is 5.69 Å². The zero-order chi connectivity index (χ0) is 24.1. The number of hydrogen-bond acceptors (Lipinski definition) is 2. The van der Waals surface area contributed by atoms with E-state index < -0.39 is 11.0 Å². The highest BCUT2D eigenvalue weighted by molar-refractivity contribution is 6.30. The summed E-state index contributed by atoms with van der Waals surface area (Å²) in [4.78, 5) is 17.2. The Hall–Kier alpha value is -3.40. The number of rotatable bonds is 1. The van der Waals surface area contributed by atoms with E-state index in [0.717, 1.165) is 35.7 Å². The molecule has 0 aromatic heterocycles. The summed E-state index contributed by atoms with van der Waals surface area (Å²) in [6.07, 6.45) is 2.15. The molecular weight excluding hydrogens is 464 g/mol. The molecule has 4 heteroatoms. The first kappa shape index (κ1) is 20.8. The van der Waals surface area contributed by atoms with E-state index in [1.807, 2.05) is 18.2 Å². The smallest absolute Gasteiger partial charge is 0.250 e. The lowest BCUT2D eigenvalue weighted by Gasteiger charge is -2.47. The number of carbonyl (C=O) groups is 1. The first-order chi connectivity index (χ1) is 17.7. The number of hydrogen-bond donors (Lipinski definition) is 1. The normalized spacial score (nSPS) is 26.6. The van der Waals surface area contributed by atoms with Gasteiger partial charge in [0.25, 0.3) is 5.91 Å². The average Bonchev–Trinajstić information content (AvgIpc) is 3.63. The molecule has 3 aliphatic heterocycles. The first-order valence-electron chi connectivity index (χ1n) is 12.8. The number of carbonyl (C=O) groups excluding carboxylic acids is 1. The van der Waals surface area contributed by atoms with E-state index in [1.165, 1.54) is 27.8 Å². The van der Waals surface area contributed by atoms with Crippen molar-refractivity contribution in [2.45, 2.75) is 35.8 Å². The molecule has 4 aromatic rings. The second-order valence-electron chi connectivity index (χ2n) is 10.5. The third-order valence-corrected chi connectivity index (χ3v) is 9.52. The molecule has 2 saturated heterocycles. The van der Waals surface area contributed by atoms with Gasteiger partial charge in [0.15, 0.2) is 0 Å². The van der Waals surface area contributed by atoms with E-state index >= 15 is 0 Å². The minimum atomic E-state index is -0.836. The number of amides is 1. The molecule has 36 heavy (non-hydrogen) atoms. The highest BCUT2D eigenvalue weighted by Gasteiger charge is 2.77. The second-order valence-corrected chi connectivity index (χ2v) is 11.0. The summed E-state index contributed by atoms with van der Waals surface area (Å²) in [5, 5.41) is 4.07. The van der Waals surface area contributed by atoms with Gasteiger partial charge in [-0.05, 0) is 65.4 Å². The minimum Gasteiger partial charge on any atom is -0.324 e. The Kier molecular flexibility index (Phi) is 4.09. The number of halogens is 1. The fourth-order valence-corrected chi connectivity index (χ4v) is 8.48. The van der Waals surface area contributed by atoms with Crippen LogP contribution in [0.15, 0.2) is 97.1 Å². The molecule has 2 spiro atoms. The van der Waals surface area contributed by atoms with Gasteiger partial charge in [-0.3, -0.25) is 9.69 Å². The van der Waals surface area contributed by atoms with E-state index in [4.69, 9.17) is 11.6 Å². The lowest BCUT2D eigenvalue weighted by molar-refractivity contribution is -0.128. The van der Waals surface area contributed by atoms with Gasteiger partial charge < -0.3 is 5.32 Å². The number of benzene rings is 4. The molecule has 0 saturated carbocycles. The Labute approximate surface area is 215 Å². The number of nitrogens with zero attached hydrogens (tertiary/aromatic N) is 1. The van der Waals surface area contributed by atoms with E-state index in [1.54, 1.807) is 0 Å². The van der Waals surface area contributed by atoms with Crippen molar-refractivity contribution < 1.29 is 4.79 Å². The Bertz CT molecular complexity index is 1520. The van der Waals surface area contributed by atoms with Gasteiger partial charge in [-0.15, -0.1) is 0 Å². The monoisotopic (exact) mass is 488 g/mol. The van der Waals surface area contributed by atoms with E-state index in [-0.39, 0.29) is 17.9 Å². The maximum atomic E-state index is 14.6. The molecule has 3 nitrogen and oxygen atoms in total. The molecule has 4 aliphatic rings. The molecule has 8 rings (SSSR count). The SMILES string of the molecule is O=C1Nc2ccccc2[C@]12N1CCCC1[C@H](c1ccc(Cl)cc1)C21c2ccccc2-c2ccccc21. The van der Waals surface area contributed by atoms with Crippen LogP contribution in [0.25, 0.3) is 11.1 Å². The largest absolute Gasteiger partial charge is 0.324 e. The summed E-state index contributed by atoms with van der Waals surface area (Å²) in [6.45, 7) is 0.905. The van der Waals surface area contributed by atoms with Crippen molar-refractivity contribution in [3.05, 3.63) is 124 Å². The maximum absolute atomic E-state index is 14.6. The Morgan fingerprint density at radius 2 is 1.39 bits per heavy atom. The van der Waals surface area contributed by atoms with Gasteiger partial charge in [-0.25, -0.2) is 0 Å². The van der Waals surface area contributed by atoms with Crippen molar-refractivity contribution in [1.29, 1.82) is 0 Å². The molecule has 2 fully saturated rings. The lowest BCUT2D eigenvalue weighted by Crippen LogP contribution is -2.58. The predicted molar refractivity (Wildman–Crippen MR) is 143 cm³/mol. The quantitative estimate of drug-likeness (QED) is 0.322. The highest BCUT2D eigenvalue weighted by atomic mass is 35.5.